The molecule has 0 heterocycles. The summed E-state index contributed by atoms with van der Waals surface area (Å²) in [5, 5.41) is 0. The van der Waals surface area contributed by atoms with Crippen molar-refractivity contribution in [3.8, 4) is 11.1 Å². The van der Waals surface area contributed by atoms with Crippen LogP contribution in [0.2, 0.25) is 0 Å². The van der Waals surface area contributed by atoms with Gasteiger partial charge in [-0.15, -0.1) is 0 Å². The van der Waals surface area contributed by atoms with E-state index < -0.39 is 0 Å². The Kier molecular flexibility index (Phi) is 2.89. The van der Waals surface area contributed by atoms with E-state index in [2.05, 4.69) is 59.6 Å². The second-order valence-electron chi connectivity index (χ2n) is 5.34. The molecule has 3 aromatic rings. The van der Waals surface area contributed by atoms with Crippen molar-refractivity contribution in [3.05, 3.63) is 89.5 Å². The first-order chi connectivity index (χ1) is 10.4. The van der Waals surface area contributed by atoms with Gasteiger partial charge in [-0.1, -0.05) is 60.7 Å². The Morgan fingerprint density at radius 3 is 2.38 bits per heavy atom. The molecule has 0 saturated heterocycles. The fourth-order valence-electron chi connectivity index (χ4n) is 2.90. The van der Waals surface area contributed by atoms with Gasteiger partial charge in [-0.2, -0.15) is 0 Å². The van der Waals surface area contributed by atoms with Gasteiger partial charge in [0.1, 0.15) is 0 Å². The van der Waals surface area contributed by atoms with E-state index >= 15 is 0 Å². The Morgan fingerprint density at radius 1 is 0.714 bits per heavy atom. The molecule has 0 atom stereocenters. The predicted molar refractivity (Wildman–Crippen MR) is 88.4 cm³/mol. The lowest BCUT2D eigenvalue weighted by Crippen LogP contribution is -1.81. The van der Waals surface area contributed by atoms with Crippen molar-refractivity contribution in [3.63, 3.8) is 0 Å². The van der Waals surface area contributed by atoms with E-state index in [9.17, 15) is 0 Å². The van der Waals surface area contributed by atoms with Gasteiger partial charge < -0.3 is 0 Å². The summed E-state index contributed by atoms with van der Waals surface area (Å²) in [6, 6.07) is 25.3. The van der Waals surface area contributed by atoms with Crippen LogP contribution in [0.15, 0.2) is 77.8 Å². The third-order valence-electron chi connectivity index (χ3n) is 3.94. The molecule has 1 aliphatic carbocycles. The van der Waals surface area contributed by atoms with Crippen LogP contribution in [0.25, 0.3) is 11.1 Å². The van der Waals surface area contributed by atoms with Gasteiger partial charge >= 0.3 is 0 Å². The molecule has 100 valence electrons. The Labute approximate surface area is 124 Å². The Balaban J connectivity index is 1.66. The van der Waals surface area contributed by atoms with E-state index in [4.69, 9.17) is 0 Å². The van der Waals surface area contributed by atoms with E-state index in [1.165, 1.54) is 22.3 Å². The fraction of sp³-hybridized carbons (Fsp3) is 0.0500. The maximum Gasteiger partial charge on any atom is 0.0633 e. The minimum atomic E-state index is 1.01. The fourth-order valence-corrected chi connectivity index (χ4v) is 2.90. The van der Waals surface area contributed by atoms with Crippen LogP contribution < -0.4 is 0 Å². The smallest absolute Gasteiger partial charge is 0.0633 e. The zero-order valence-electron chi connectivity index (χ0n) is 11.7. The highest BCUT2D eigenvalue weighted by Gasteiger charge is 2.17. The van der Waals surface area contributed by atoms with Crippen LogP contribution in [0, 0.1) is 0 Å². The van der Waals surface area contributed by atoms with Crippen molar-refractivity contribution < 1.29 is 0 Å². The van der Waals surface area contributed by atoms with Gasteiger partial charge in [0.05, 0.1) is 5.69 Å². The molecule has 0 N–H and O–H groups in total. The van der Waals surface area contributed by atoms with Gasteiger partial charge in [0, 0.05) is 6.21 Å². The summed E-state index contributed by atoms with van der Waals surface area (Å²) in [6.07, 6.45) is 2.93. The van der Waals surface area contributed by atoms with Gasteiger partial charge in [0.2, 0.25) is 0 Å². The Morgan fingerprint density at radius 2 is 1.48 bits per heavy atom. The van der Waals surface area contributed by atoms with Crippen molar-refractivity contribution in [1.82, 2.24) is 0 Å². The van der Waals surface area contributed by atoms with Gasteiger partial charge in [-0.3, -0.25) is 4.99 Å². The molecule has 1 heteroatoms. The molecule has 3 aromatic carbocycles. The summed E-state index contributed by atoms with van der Waals surface area (Å²) >= 11 is 0. The number of hydrogen-bond donors (Lipinski definition) is 0. The molecule has 4 rings (SSSR count). The highest BCUT2D eigenvalue weighted by atomic mass is 14.7. The molecule has 0 bridgehead atoms. The lowest BCUT2D eigenvalue weighted by molar-refractivity contribution is 1.26. The molecule has 0 aliphatic heterocycles. The summed E-state index contributed by atoms with van der Waals surface area (Å²) in [7, 11) is 0. The normalized spacial score (nSPS) is 12.4. The third-order valence-corrected chi connectivity index (χ3v) is 3.94. The number of rotatable bonds is 2. The third kappa shape index (κ3) is 2.27. The van der Waals surface area contributed by atoms with E-state index in [-0.39, 0.29) is 0 Å². The van der Waals surface area contributed by atoms with Crippen LogP contribution in [0.4, 0.5) is 5.69 Å². The molecule has 1 nitrogen and oxygen atoms in total. The van der Waals surface area contributed by atoms with Crippen LogP contribution in [-0.2, 0) is 6.42 Å². The van der Waals surface area contributed by atoms with Crippen molar-refractivity contribution in [2.75, 3.05) is 0 Å². The maximum atomic E-state index is 4.59. The van der Waals surface area contributed by atoms with E-state index in [1.807, 2.05) is 24.4 Å². The van der Waals surface area contributed by atoms with Crippen LogP contribution in [0.1, 0.15) is 16.7 Å². The van der Waals surface area contributed by atoms with Gasteiger partial charge in [0.15, 0.2) is 0 Å². The number of benzene rings is 3. The van der Waals surface area contributed by atoms with E-state index in [0.29, 0.717) is 0 Å². The van der Waals surface area contributed by atoms with Crippen molar-refractivity contribution in [2.45, 2.75) is 6.42 Å². The summed E-state index contributed by atoms with van der Waals surface area (Å²) in [5.41, 5.74) is 7.65. The molecule has 21 heavy (non-hydrogen) atoms. The van der Waals surface area contributed by atoms with Crippen LogP contribution in [0.5, 0.6) is 0 Å². The predicted octanol–water partition coefficient (Wildman–Crippen LogP) is 5.01. The SMILES string of the molecule is C(=N\c1ccc2c(c1)Cc1ccccc1-2)/c1ccccc1. The van der Waals surface area contributed by atoms with Crippen LogP contribution in [0.3, 0.4) is 0 Å². The maximum absolute atomic E-state index is 4.59. The van der Waals surface area contributed by atoms with Gasteiger partial charge in [-0.05, 0) is 46.4 Å². The first-order valence-electron chi connectivity index (χ1n) is 7.20. The number of hydrogen-bond acceptors (Lipinski definition) is 1. The highest BCUT2D eigenvalue weighted by Crippen LogP contribution is 2.37. The number of nitrogens with zero attached hydrogens (tertiary/aromatic N) is 1. The first-order valence-corrected chi connectivity index (χ1v) is 7.20. The number of fused-ring (bicyclic) bond motifs is 3. The molecule has 0 saturated carbocycles. The van der Waals surface area contributed by atoms with Gasteiger partial charge in [0.25, 0.3) is 0 Å². The zero-order chi connectivity index (χ0) is 14.1. The van der Waals surface area contributed by atoms with Crippen molar-refractivity contribution >= 4 is 11.9 Å². The highest BCUT2D eigenvalue weighted by molar-refractivity contribution is 5.83. The average molecular weight is 269 g/mol. The molecular weight excluding hydrogens is 254 g/mol. The lowest BCUT2D eigenvalue weighted by Gasteiger charge is -2.01. The van der Waals surface area contributed by atoms with Crippen LogP contribution in [-0.4, -0.2) is 6.21 Å². The Bertz CT molecular complexity index is 816. The summed E-state index contributed by atoms with van der Waals surface area (Å²) in [6.45, 7) is 0. The second-order valence-corrected chi connectivity index (χ2v) is 5.34. The topological polar surface area (TPSA) is 12.4 Å². The number of aliphatic imine (C=N–C) groups is 1. The van der Waals surface area contributed by atoms with Crippen molar-refractivity contribution in [1.29, 1.82) is 0 Å². The largest absolute Gasteiger partial charge is 0.256 e. The van der Waals surface area contributed by atoms with E-state index in [0.717, 1.165) is 17.7 Å². The molecule has 0 amide bonds. The summed E-state index contributed by atoms with van der Waals surface area (Å²) in [4.78, 5) is 4.59. The molecule has 0 unspecified atom stereocenters. The monoisotopic (exact) mass is 269 g/mol. The standard InChI is InChI=1S/C20H15N/c1-2-6-15(7-3-1)14-21-18-10-11-20-17(13-18)12-16-8-4-5-9-19(16)20/h1-11,13-14H,12H2/b21-14+. The molecule has 0 aromatic heterocycles. The average Bonchev–Trinajstić information content (AvgIpc) is 2.91. The Hall–Kier alpha value is -2.67. The molecule has 1 aliphatic rings. The van der Waals surface area contributed by atoms with E-state index in [1.54, 1.807) is 0 Å². The molecule has 0 spiro atoms. The van der Waals surface area contributed by atoms with Gasteiger partial charge in [-0.25, -0.2) is 0 Å². The molecular formula is C20H15N. The quantitative estimate of drug-likeness (QED) is 0.454. The van der Waals surface area contributed by atoms with Crippen molar-refractivity contribution in [2.24, 2.45) is 4.99 Å². The minimum Gasteiger partial charge on any atom is -0.256 e. The lowest BCUT2D eigenvalue weighted by atomic mass is 10.1. The summed E-state index contributed by atoms with van der Waals surface area (Å²) in [5.74, 6) is 0. The molecule has 0 radical (unpaired) electrons. The van der Waals surface area contributed by atoms with Crippen LogP contribution >= 0.6 is 0 Å². The first kappa shape index (κ1) is 12.1. The summed E-state index contributed by atoms with van der Waals surface area (Å²) < 4.78 is 0. The second kappa shape index (κ2) is 5.02. The minimum absolute atomic E-state index is 1.01. The molecule has 0 fully saturated rings. The zero-order valence-corrected chi connectivity index (χ0v) is 11.7.